The van der Waals surface area contributed by atoms with Gasteiger partial charge < -0.3 is 10.5 Å². The predicted molar refractivity (Wildman–Crippen MR) is 65.1 cm³/mol. The Morgan fingerprint density at radius 2 is 1.88 bits per heavy atom. The van der Waals surface area contributed by atoms with Crippen LogP contribution in [0.1, 0.15) is 32.1 Å². The highest BCUT2D eigenvalue weighted by Gasteiger charge is 2.28. The molecule has 2 atom stereocenters. The number of hydrogen-bond acceptors (Lipinski definition) is 4. The topological polar surface area (TPSA) is 67.6 Å². The summed E-state index contributed by atoms with van der Waals surface area (Å²) < 4.78 is 5.25. The minimum absolute atomic E-state index is 0.0136. The van der Waals surface area contributed by atoms with Crippen LogP contribution in [0, 0.1) is 5.92 Å². The van der Waals surface area contributed by atoms with Gasteiger partial charge in [-0.2, -0.15) is 0 Å². The summed E-state index contributed by atoms with van der Waals surface area (Å²) in [5, 5.41) is 1.95. The molecule has 0 spiro atoms. The van der Waals surface area contributed by atoms with E-state index in [1.54, 1.807) is 0 Å². The van der Waals surface area contributed by atoms with Gasteiger partial charge >= 0.3 is 0 Å². The number of hydrogen-bond donors (Lipinski definition) is 2. The average molecular weight is 241 g/mol. The zero-order valence-electron chi connectivity index (χ0n) is 10.4. The van der Waals surface area contributed by atoms with Crippen molar-refractivity contribution in [2.24, 2.45) is 11.7 Å². The normalized spacial score (nSPS) is 31.8. The molecule has 3 N–H and O–H groups in total. The van der Waals surface area contributed by atoms with Gasteiger partial charge in [-0.25, -0.2) is 5.01 Å². The van der Waals surface area contributed by atoms with Gasteiger partial charge in [0.2, 0.25) is 5.91 Å². The number of nitrogens with zero attached hydrogens (tertiary/aromatic N) is 1. The number of amides is 1. The summed E-state index contributed by atoms with van der Waals surface area (Å²) in [6.45, 7) is 2.93. The van der Waals surface area contributed by atoms with E-state index >= 15 is 0 Å². The van der Waals surface area contributed by atoms with Crippen molar-refractivity contribution >= 4 is 5.91 Å². The second-order valence-corrected chi connectivity index (χ2v) is 4.98. The molecule has 1 saturated carbocycles. The maximum Gasteiger partial charge on any atom is 0.238 e. The van der Waals surface area contributed by atoms with Crippen molar-refractivity contribution in [2.45, 2.75) is 38.1 Å². The van der Waals surface area contributed by atoms with E-state index in [-0.39, 0.29) is 17.9 Å². The van der Waals surface area contributed by atoms with E-state index in [1.807, 2.05) is 5.01 Å². The molecule has 1 aliphatic carbocycles. The van der Waals surface area contributed by atoms with E-state index in [2.05, 4.69) is 5.43 Å². The highest BCUT2D eigenvalue weighted by atomic mass is 16.5. The molecule has 5 heteroatoms. The molecule has 1 amide bonds. The Morgan fingerprint density at radius 1 is 1.18 bits per heavy atom. The van der Waals surface area contributed by atoms with Crippen molar-refractivity contribution in [3.8, 4) is 0 Å². The summed E-state index contributed by atoms with van der Waals surface area (Å²) in [5.41, 5.74) is 9.06. The van der Waals surface area contributed by atoms with E-state index in [1.165, 1.54) is 6.42 Å². The summed E-state index contributed by atoms with van der Waals surface area (Å²) in [4.78, 5) is 12.2. The Bertz CT molecular complexity index is 254. The van der Waals surface area contributed by atoms with Crippen molar-refractivity contribution < 1.29 is 9.53 Å². The van der Waals surface area contributed by atoms with Gasteiger partial charge in [-0.1, -0.05) is 19.3 Å². The van der Waals surface area contributed by atoms with Crippen molar-refractivity contribution in [3.63, 3.8) is 0 Å². The smallest absolute Gasteiger partial charge is 0.238 e. The van der Waals surface area contributed by atoms with Crippen LogP contribution in [-0.2, 0) is 9.53 Å². The highest BCUT2D eigenvalue weighted by Crippen LogP contribution is 2.22. The lowest BCUT2D eigenvalue weighted by Crippen LogP contribution is -2.52. The van der Waals surface area contributed by atoms with Crippen molar-refractivity contribution in [1.29, 1.82) is 0 Å². The van der Waals surface area contributed by atoms with Gasteiger partial charge in [0.15, 0.2) is 0 Å². The third kappa shape index (κ3) is 3.66. The largest absolute Gasteiger partial charge is 0.379 e. The minimum Gasteiger partial charge on any atom is -0.379 e. The Labute approximate surface area is 103 Å². The molecule has 98 valence electrons. The number of morpholine rings is 1. The van der Waals surface area contributed by atoms with E-state index in [0.29, 0.717) is 13.2 Å². The number of carbonyl (C=O) groups is 1. The van der Waals surface area contributed by atoms with Gasteiger partial charge in [0.05, 0.1) is 19.1 Å². The Morgan fingerprint density at radius 3 is 2.65 bits per heavy atom. The van der Waals surface area contributed by atoms with Crippen LogP contribution in [0.5, 0.6) is 0 Å². The number of hydrazine groups is 1. The first-order valence-corrected chi connectivity index (χ1v) is 6.66. The molecule has 1 heterocycles. The van der Waals surface area contributed by atoms with Crippen molar-refractivity contribution in [1.82, 2.24) is 10.4 Å². The Hall–Kier alpha value is -0.650. The zero-order valence-corrected chi connectivity index (χ0v) is 10.4. The fourth-order valence-corrected chi connectivity index (χ4v) is 2.58. The molecule has 0 radical (unpaired) electrons. The SMILES string of the molecule is NC1CCCCCC1C(=O)NN1CCOCC1. The first-order chi connectivity index (χ1) is 8.27. The predicted octanol–water partition coefficient (Wildman–Crippen LogP) is 0.257. The zero-order chi connectivity index (χ0) is 12.1. The molecule has 2 rings (SSSR count). The van der Waals surface area contributed by atoms with Crippen LogP contribution in [0.15, 0.2) is 0 Å². The lowest BCUT2D eigenvalue weighted by Gasteiger charge is -2.30. The Kier molecular flexibility index (Phi) is 4.76. The number of carbonyl (C=O) groups excluding carboxylic acids is 1. The summed E-state index contributed by atoms with van der Waals surface area (Å²) in [6, 6.07) is 0.0264. The standard InChI is InChI=1S/C12H23N3O2/c13-11-5-3-1-2-4-10(11)12(16)14-15-6-8-17-9-7-15/h10-11H,1-9,13H2,(H,14,16). The van der Waals surface area contributed by atoms with Crippen LogP contribution in [0.25, 0.3) is 0 Å². The molecule has 0 aromatic heterocycles. The van der Waals surface area contributed by atoms with Gasteiger partial charge in [0.1, 0.15) is 0 Å². The number of ether oxygens (including phenoxy) is 1. The van der Waals surface area contributed by atoms with E-state index in [0.717, 1.165) is 38.8 Å². The first kappa shape index (κ1) is 12.8. The van der Waals surface area contributed by atoms with Crippen LogP contribution in [0.2, 0.25) is 0 Å². The second-order valence-electron chi connectivity index (χ2n) is 4.98. The Balaban J connectivity index is 1.84. The molecule has 5 nitrogen and oxygen atoms in total. The summed E-state index contributed by atoms with van der Waals surface area (Å²) in [7, 11) is 0. The summed E-state index contributed by atoms with van der Waals surface area (Å²) in [6.07, 6.45) is 5.38. The van der Waals surface area contributed by atoms with E-state index < -0.39 is 0 Å². The maximum atomic E-state index is 12.2. The molecule has 2 aliphatic rings. The molecule has 0 bridgehead atoms. The van der Waals surface area contributed by atoms with Crippen LogP contribution >= 0.6 is 0 Å². The molecule has 2 unspecified atom stereocenters. The fraction of sp³-hybridized carbons (Fsp3) is 0.917. The maximum absolute atomic E-state index is 12.2. The van der Waals surface area contributed by atoms with E-state index in [4.69, 9.17) is 10.5 Å². The van der Waals surface area contributed by atoms with Crippen LogP contribution in [0.4, 0.5) is 0 Å². The van der Waals surface area contributed by atoms with Gasteiger partial charge in [0, 0.05) is 19.1 Å². The van der Waals surface area contributed by atoms with Gasteiger partial charge in [-0.3, -0.25) is 10.2 Å². The average Bonchev–Trinajstić information content (AvgIpc) is 2.55. The molecular weight excluding hydrogens is 218 g/mol. The summed E-state index contributed by atoms with van der Waals surface area (Å²) in [5.74, 6) is 0.0849. The third-order valence-corrected chi connectivity index (χ3v) is 3.69. The van der Waals surface area contributed by atoms with Crippen molar-refractivity contribution in [2.75, 3.05) is 26.3 Å². The third-order valence-electron chi connectivity index (χ3n) is 3.69. The van der Waals surface area contributed by atoms with Gasteiger partial charge in [-0.05, 0) is 12.8 Å². The quantitative estimate of drug-likeness (QED) is 0.680. The lowest BCUT2D eigenvalue weighted by atomic mass is 9.95. The van der Waals surface area contributed by atoms with Crippen molar-refractivity contribution in [3.05, 3.63) is 0 Å². The van der Waals surface area contributed by atoms with Crippen LogP contribution in [0.3, 0.4) is 0 Å². The monoisotopic (exact) mass is 241 g/mol. The number of rotatable bonds is 2. The highest BCUT2D eigenvalue weighted by molar-refractivity contribution is 5.78. The number of nitrogens with two attached hydrogens (primary N) is 1. The van der Waals surface area contributed by atoms with Gasteiger partial charge in [0.25, 0.3) is 0 Å². The van der Waals surface area contributed by atoms with E-state index in [9.17, 15) is 4.79 Å². The molecular formula is C12H23N3O2. The second kappa shape index (κ2) is 6.33. The lowest BCUT2D eigenvalue weighted by molar-refractivity contribution is -0.132. The first-order valence-electron chi connectivity index (χ1n) is 6.66. The molecule has 2 fully saturated rings. The molecule has 17 heavy (non-hydrogen) atoms. The van der Waals surface area contributed by atoms with Crippen LogP contribution in [-0.4, -0.2) is 43.3 Å². The number of nitrogens with one attached hydrogen (secondary N) is 1. The fourth-order valence-electron chi connectivity index (χ4n) is 2.58. The molecule has 0 aromatic carbocycles. The van der Waals surface area contributed by atoms with Crippen LogP contribution < -0.4 is 11.2 Å². The molecule has 1 saturated heterocycles. The minimum atomic E-state index is -0.0136. The summed E-state index contributed by atoms with van der Waals surface area (Å²) >= 11 is 0. The van der Waals surface area contributed by atoms with Gasteiger partial charge in [-0.15, -0.1) is 0 Å². The molecule has 0 aromatic rings. The molecule has 1 aliphatic heterocycles.